The molecule has 0 saturated heterocycles. The first kappa shape index (κ1) is 17.4. The van der Waals surface area contributed by atoms with Gasteiger partial charge in [0.25, 0.3) is 0 Å². The van der Waals surface area contributed by atoms with Gasteiger partial charge < -0.3 is 11.1 Å². The Morgan fingerprint density at radius 1 is 1.06 bits per heavy atom. The number of rotatable bonds is 8. The number of carbonyl (C=O) groups is 1. The van der Waals surface area contributed by atoms with E-state index in [-0.39, 0.29) is 11.8 Å². The Labute approximate surface area is 113 Å². The molecule has 0 heterocycles. The van der Waals surface area contributed by atoms with E-state index in [1.807, 2.05) is 0 Å². The monoisotopic (exact) mass is 256 g/mol. The van der Waals surface area contributed by atoms with Crippen LogP contribution >= 0.6 is 0 Å². The highest BCUT2D eigenvalue weighted by Crippen LogP contribution is 2.19. The van der Waals surface area contributed by atoms with E-state index in [9.17, 15) is 4.79 Å². The van der Waals surface area contributed by atoms with Crippen LogP contribution in [0.25, 0.3) is 0 Å². The van der Waals surface area contributed by atoms with Gasteiger partial charge in [0.1, 0.15) is 0 Å². The van der Waals surface area contributed by atoms with Crippen LogP contribution in [0.3, 0.4) is 0 Å². The van der Waals surface area contributed by atoms with Crippen molar-refractivity contribution in [2.45, 2.75) is 48.0 Å². The van der Waals surface area contributed by atoms with E-state index in [4.69, 9.17) is 5.73 Å². The zero-order valence-electron chi connectivity index (χ0n) is 13.0. The highest BCUT2D eigenvalue weighted by molar-refractivity contribution is 5.78. The maximum absolute atomic E-state index is 12.1. The Bertz CT molecular complexity index is 229. The van der Waals surface area contributed by atoms with Gasteiger partial charge in [0.15, 0.2) is 0 Å². The fourth-order valence-corrected chi connectivity index (χ4v) is 2.48. The van der Waals surface area contributed by atoms with Gasteiger partial charge in [0.05, 0.1) is 5.92 Å². The van der Waals surface area contributed by atoms with E-state index in [0.29, 0.717) is 30.2 Å². The number of nitrogens with one attached hydrogen (secondary N) is 1. The fraction of sp³-hybridized carbons (Fsp3) is 0.933. The number of carbonyl (C=O) groups excluding carboxylic acids is 1. The minimum atomic E-state index is -0.0371. The van der Waals surface area contributed by atoms with E-state index >= 15 is 0 Å². The summed E-state index contributed by atoms with van der Waals surface area (Å²) >= 11 is 0. The van der Waals surface area contributed by atoms with Crippen molar-refractivity contribution in [3.8, 4) is 0 Å². The zero-order valence-corrected chi connectivity index (χ0v) is 13.0. The second kappa shape index (κ2) is 8.52. The molecular formula is C15H32N2O. The molecule has 1 unspecified atom stereocenters. The molecule has 1 amide bonds. The number of hydrogen-bond donors (Lipinski definition) is 2. The summed E-state index contributed by atoms with van der Waals surface area (Å²) in [5.74, 6) is 2.31. The molecule has 3 N–H and O–H groups in total. The minimum absolute atomic E-state index is 0.0371. The summed E-state index contributed by atoms with van der Waals surface area (Å²) < 4.78 is 0. The van der Waals surface area contributed by atoms with Crippen molar-refractivity contribution >= 4 is 5.91 Å². The molecule has 108 valence electrons. The van der Waals surface area contributed by atoms with Crippen molar-refractivity contribution in [1.82, 2.24) is 5.32 Å². The van der Waals surface area contributed by atoms with Gasteiger partial charge in [0.2, 0.25) is 5.91 Å². The van der Waals surface area contributed by atoms with Crippen LogP contribution in [0.4, 0.5) is 0 Å². The molecule has 0 bridgehead atoms. The molecule has 3 heteroatoms. The van der Waals surface area contributed by atoms with Crippen LogP contribution in [0, 0.1) is 29.6 Å². The van der Waals surface area contributed by atoms with Crippen molar-refractivity contribution in [3.05, 3.63) is 0 Å². The minimum Gasteiger partial charge on any atom is -0.356 e. The van der Waals surface area contributed by atoms with Crippen LogP contribution in [0.2, 0.25) is 0 Å². The van der Waals surface area contributed by atoms with Crippen molar-refractivity contribution in [3.63, 3.8) is 0 Å². The third kappa shape index (κ3) is 6.39. The van der Waals surface area contributed by atoms with Gasteiger partial charge in [-0.2, -0.15) is 0 Å². The summed E-state index contributed by atoms with van der Waals surface area (Å²) in [5, 5.41) is 3.08. The Balaban J connectivity index is 4.28. The van der Waals surface area contributed by atoms with E-state index in [1.54, 1.807) is 0 Å². The predicted molar refractivity (Wildman–Crippen MR) is 78.2 cm³/mol. The third-order valence-corrected chi connectivity index (χ3v) is 3.64. The predicted octanol–water partition coefficient (Wildman–Crippen LogP) is 2.65. The summed E-state index contributed by atoms with van der Waals surface area (Å²) in [6.07, 6.45) is 0.871. The lowest BCUT2D eigenvalue weighted by molar-refractivity contribution is -0.125. The molecular weight excluding hydrogens is 224 g/mol. The van der Waals surface area contributed by atoms with Crippen molar-refractivity contribution < 1.29 is 4.79 Å². The smallest absolute Gasteiger partial charge is 0.224 e. The molecule has 1 atom stereocenters. The lowest BCUT2D eigenvalue weighted by Crippen LogP contribution is -2.40. The summed E-state index contributed by atoms with van der Waals surface area (Å²) in [4.78, 5) is 12.1. The number of nitrogens with two attached hydrogens (primary N) is 1. The molecule has 0 radical (unpaired) electrons. The zero-order chi connectivity index (χ0) is 14.3. The first-order chi connectivity index (χ1) is 8.29. The summed E-state index contributed by atoms with van der Waals surface area (Å²) in [6, 6.07) is 0. The molecule has 0 aromatic rings. The normalized spacial score (nSPS) is 13.7. The third-order valence-electron chi connectivity index (χ3n) is 3.64. The average Bonchev–Trinajstić information content (AvgIpc) is 2.24. The number of hydrogen-bond acceptors (Lipinski definition) is 2. The van der Waals surface area contributed by atoms with Crippen LogP contribution in [0.5, 0.6) is 0 Å². The van der Waals surface area contributed by atoms with Crippen LogP contribution in [-0.2, 0) is 4.79 Å². The average molecular weight is 256 g/mol. The molecule has 0 aromatic carbocycles. The van der Waals surface area contributed by atoms with Crippen molar-refractivity contribution in [1.29, 1.82) is 0 Å². The Kier molecular flexibility index (Phi) is 8.25. The summed E-state index contributed by atoms with van der Waals surface area (Å²) in [5.41, 5.74) is 5.69. The molecule has 0 aliphatic heterocycles. The topological polar surface area (TPSA) is 55.1 Å². The lowest BCUT2D eigenvalue weighted by atomic mass is 9.85. The SMILES string of the molecule is CC(C)CC(CN)C(=O)NCC(C(C)C)C(C)C. The highest BCUT2D eigenvalue weighted by atomic mass is 16.1. The van der Waals surface area contributed by atoms with Gasteiger partial charge in [-0.15, -0.1) is 0 Å². The van der Waals surface area contributed by atoms with E-state index in [0.717, 1.165) is 13.0 Å². The maximum Gasteiger partial charge on any atom is 0.224 e. The first-order valence-electron chi connectivity index (χ1n) is 7.27. The van der Waals surface area contributed by atoms with Crippen LogP contribution in [-0.4, -0.2) is 19.0 Å². The highest BCUT2D eigenvalue weighted by Gasteiger charge is 2.22. The van der Waals surface area contributed by atoms with Crippen molar-refractivity contribution in [2.24, 2.45) is 35.3 Å². The van der Waals surface area contributed by atoms with Crippen LogP contribution < -0.4 is 11.1 Å². The van der Waals surface area contributed by atoms with Gasteiger partial charge in [-0.05, 0) is 30.1 Å². The summed E-state index contributed by atoms with van der Waals surface area (Å²) in [7, 11) is 0. The molecule has 0 rings (SSSR count). The molecule has 0 aliphatic rings. The molecule has 0 spiro atoms. The standard InChI is InChI=1S/C15H32N2O/c1-10(2)7-13(8-16)15(18)17-9-14(11(3)4)12(5)6/h10-14H,7-9,16H2,1-6H3,(H,17,18). The molecule has 0 fully saturated rings. The Morgan fingerprint density at radius 3 is 1.89 bits per heavy atom. The Morgan fingerprint density at radius 2 is 1.56 bits per heavy atom. The number of amides is 1. The summed E-state index contributed by atoms with van der Waals surface area (Å²) in [6.45, 7) is 14.3. The van der Waals surface area contributed by atoms with Gasteiger partial charge in [0, 0.05) is 13.1 Å². The lowest BCUT2D eigenvalue weighted by Gasteiger charge is -2.26. The second-order valence-corrected chi connectivity index (χ2v) is 6.46. The van der Waals surface area contributed by atoms with Gasteiger partial charge >= 0.3 is 0 Å². The molecule has 0 saturated carbocycles. The fourth-order valence-electron chi connectivity index (χ4n) is 2.48. The molecule has 0 aliphatic carbocycles. The van der Waals surface area contributed by atoms with E-state index in [1.165, 1.54) is 0 Å². The second-order valence-electron chi connectivity index (χ2n) is 6.46. The first-order valence-corrected chi connectivity index (χ1v) is 7.27. The van der Waals surface area contributed by atoms with Gasteiger partial charge in [-0.1, -0.05) is 41.5 Å². The maximum atomic E-state index is 12.1. The Hall–Kier alpha value is -0.570. The molecule has 0 aromatic heterocycles. The van der Waals surface area contributed by atoms with E-state index in [2.05, 4.69) is 46.9 Å². The molecule has 18 heavy (non-hydrogen) atoms. The molecule has 3 nitrogen and oxygen atoms in total. The van der Waals surface area contributed by atoms with Gasteiger partial charge in [-0.3, -0.25) is 4.79 Å². The van der Waals surface area contributed by atoms with Gasteiger partial charge in [-0.25, -0.2) is 0 Å². The van der Waals surface area contributed by atoms with Crippen molar-refractivity contribution in [2.75, 3.05) is 13.1 Å². The van der Waals surface area contributed by atoms with Crippen LogP contribution in [0.1, 0.15) is 48.0 Å². The largest absolute Gasteiger partial charge is 0.356 e. The van der Waals surface area contributed by atoms with E-state index < -0.39 is 0 Å². The quantitative estimate of drug-likeness (QED) is 0.701. The van der Waals surface area contributed by atoms with Crippen LogP contribution in [0.15, 0.2) is 0 Å².